The van der Waals surface area contributed by atoms with Crippen LogP contribution < -0.4 is 11.1 Å². The van der Waals surface area contributed by atoms with Gasteiger partial charge in [-0.3, -0.25) is 0 Å². The van der Waals surface area contributed by atoms with Gasteiger partial charge in [0.25, 0.3) is 0 Å². The van der Waals surface area contributed by atoms with Crippen LogP contribution in [0.2, 0.25) is 0 Å². The number of thiophene rings is 1. The molecule has 5 heteroatoms. The maximum atomic E-state index is 5.59. The van der Waals surface area contributed by atoms with Gasteiger partial charge in [-0.25, -0.2) is 9.97 Å². The first-order chi connectivity index (χ1) is 11.1. The Morgan fingerprint density at radius 2 is 1.96 bits per heavy atom. The fourth-order valence-electron chi connectivity index (χ4n) is 2.73. The van der Waals surface area contributed by atoms with Crippen LogP contribution in [0.1, 0.15) is 22.4 Å². The van der Waals surface area contributed by atoms with Crippen LogP contribution in [0.3, 0.4) is 0 Å². The summed E-state index contributed by atoms with van der Waals surface area (Å²) in [5, 5.41) is 4.53. The summed E-state index contributed by atoms with van der Waals surface area (Å²) < 4.78 is 0. The molecule has 2 aromatic heterocycles. The van der Waals surface area contributed by atoms with E-state index >= 15 is 0 Å². The van der Waals surface area contributed by atoms with Gasteiger partial charge < -0.3 is 11.1 Å². The van der Waals surface area contributed by atoms with Crippen molar-refractivity contribution >= 4 is 27.4 Å². The molecular weight excluding hydrogens is 304 g/mol. The minimum Gasteiger partial charge on any atom is -0.369 e. The van der Waals surface area contributed by atoms with Crippen LogP contribution >= 0.6 is 11.3 Å². The Balaban J connectivity index is 2.15. The highest BCUT2D eigenvalue weighted by Gasteiger charge is 2.16. The van der Waals surface area contributed by atoms with Gasteiger partial charge in [0.05, 0.1) is 5.39 Å². The molecule has 0 fully saturated rings. The van der Waals surface area contributed by atoms with E-state index in [4.69, 9.17) is 5.73 Å². The zero-order valence-electron chi connectivity index (χ0n) is 13.8. The molecule has 0 amide bonds. The number of hydrogen-bond acceptors (Lipinski definition) is 5. The SMILES string of the molecule is Cc1ccc(-c2c(C)sc3ncnc(NCCCN)c23)cc1C. The first-order valence-corrected chi connectivity index (χ1v) is 8.69. The minimum atomic E-state index is 0.675. The van der Waals surface area contributed by atoms with E-state index in [2.05, 4.69) is 54.3 Å². The van der Waals surface area contributed by atoms with Crippen LogP contribution in [0.25, 0.3) is 21.3 Å². The van der Waals surface area contributed by atoms with Gasteiger partial charge in [0.2, 0.25) is 0 Å². The quantitative estimate of drug-likeness (QED) is 0.694. The Morgan fingerprint density at radius 1 is 1.13 bits per heavy atom. The lowest BCUT2D eigenvalue weighted by Crippen LogP contribution is -2.09. The van der Waals surface area contributed by atoms with Crippen molar-refractivity contribution in [2.45, 2.75) is 27.2 Å². The Kier molecular flexibility index (Phi) is 4.59. The van der Waals surface area contributed by atoms with Crippen LogP contribution in [0.5, 0.6) is 0 Å². The van der Waals surface area contributed by atoms with Crippen molar-refractivity contribution in [2.75, 3.05) is 18.4 Å². The monoisotopic (exact) mass is 326 g/mol. The summed E-state index contributed by atoms with van der Waals surface area (Å²) in [6.07, 6.45) is 2.56. The first-order valence-electron chi connectivity index (χ1n) is 7.87. The van der Waals surface area contributed by atoms with Crippen molar-refractivity contribution in [1.29, 1.82) is 0 Å². The van der Waals surface area contributed by atoms with Crippen molar-refractivity contribution < 1.29 is 0 Å². The minimum absolute atomic E-state index is 0.675. The third-order valence-electron chi connectivity index (χ3n) is 4.13. The van der Waals surface area contributed by atoms with Gasteiger partial charge in [-0.05, 0) is 50.4 Å². The molecule has 0 unspecified atom stereocenters. The lowest BCUT2D eigenvalue weighted by Gasteiger charge is -2.10. The zero-order valence-corrected chi connectivity index (χ0v) is 14.6. The summed E-state index contributed by atoms with van der Waals surface area (Å²) in [4.78, 5) is 11.2. The molecule has 2 heterocycles. The van der Waals surface area contributed by atoms with E-state index in [0.717, 1.165) is 29.0 Å². The molecule has 4 nitrogen and oxygen atoms in total. The molecule has 1 aromatic carbocycles. The van der Waals surface area contributed by atoms with Crippen molar-refractivity contribution in [3.05, 3.63) is 40.5 Å². The second-order valence-corrected chi connectivity index (χ2v) is 7.01. The third kappa shape index (κ3) is 3.07. The molecule has 3 rings (SSSR count). The molecule has 3 aromatic rings. The fraction of sp³-hybridized carbons (Fsp3) is 0.333. The number of nitrogens with two attached hydrogens (primary N) is 1. The van der Waals surface area contributed by atoms with Crippen LogP contribution in [-0.2, 0) is 0 Å². The number of nitrogens with one attached hydrogen (secondary N) is 1. The lowest BCUT2D eigenvalue weighted by atomic mass is 9.99. The lowest BCUT2D eigenvalue weighted by molar-refractivity contribution is 0.871. The van der Waals surface area contributed by atoms with Crippen LogP contribution in [-0.4, -0.2) is 23.1 Å². The molecule has 3 N–H and O–H groups in total. The Labute approximate surface area is 140 Å². The summed E-state index contributed by atoms with van der Waals surface area (Å²) in [7, 11) is 0. The predicted octanol–water partition coefficient (Wildman–Crippen LogP) is 4.04. The molecule has 0 radical (unpaired) electrons. The smallest absolute Gasteiger partial charge is 0.138 e. The number of anilines is 1. The summed E-state index contributed by atoms with van der Waals surface area (Å²) in [5.74, 6) is 0.904. The van der Waals surface area contributed by atoms with E-state index in [9.17, 15) is 0 Å². The number of fused-ring (bicyclic) bond motifs is 1. The summed E-state index contributed by atoms with van der Waals surface area (Å²) in [6, 6.07) is 6.62. The molecule has 0 saturated heterocycles. The maximum absolute atomic E-state index is 5.59. The summed E-state index contributed by atoms with van der Waals surface area (Å²) >= 11 is 1.72. The average molecular weight is 326 g/mol. The highest BCUT2D eigenvalue weighted by Crippen LogP contribution is 2.40. The van der Waals surface area contributed by atoms with Crippen molar-refractivity contribution in [3.8, 4) is 11.1 Å². The fourth-order valence-corrected chi connectivity index (χ4v) is 3.74. The molecule has 0 bridgehead atoms. The molecule has 0 saturated carbocycles. The van der Waals surface area contributed by atoms with Gasteiger partial charge in [0.1, 0.15) is 17.0 Å². The summed E-state index contributed by atoms with van der Waals surface area (Å²) in [5.41, 5.74) is 10.7. The van der Waals surface area contributed by atoms with Crippen molar-refractivity contribution in [3.63, 3.8) is 0 Å². The van der Waals surface area contributed by atoms with Crippen LogP contribution in [0.4, 0.5) is 5.82 Å². The number of hydrogen-bond donors (Lipinski definition) is 2. The predicted molar refractivity (Wildman–Crippen MR) is 99.2 cm³/mol. The van der Waals surface area contributed by atoms with E-state index in [1.54, 1.807) is 17.7 Å². The third-order valence-corrected chi connectivity index (χ3v) is 5.15. The van der Waals surface area contributed by atoms with E-state index in [-0.39, 0.29) is 0 Å². The molecule has 120 valence electrons. The number of aryl methyl sites for hydroxylation is 3. The number of rotatable bonds is 5. The van der Waals surface area contributed by atoms with Gasteiger partial charge in [-0.15, -0.1) is 11.3 Å². The van der Waals surface area contributed by atoms with Gasteiger partial charge >= 0.3 is 0 Å². The molecule has 0 spiro atoms. The van der Waals surface area contributed by atoms with E-state index < -0.39 is 0 Å². The number of nitrogens with zero attached hydrogens (tertiary/aromatic N) is 2. The van der Waals surface area contributed by atoms with Crippen molar-refractivity contribution in [1.82, 2.24) is 9.97 Å². The van der Waals surface area contributed by atoms with Gasteiger partial charge in [-0.2, -0.15) is 0 Å². The van der Waals surface area contributed by atoms with Gasteiger partial charge in [0, 0.05) is 17.0 Å². The molecule has 23 heavy (non-hydrogen) atoms. The average Bonchev–Trinajstić information content (AvgIpc) is 2.87. The van der Waals surface area contributed by atoms with Crippen LogP contribution in [0, 0.1) is 20.8 Å². The standard InChI is InChI=1S/C18H22N4S/c1-11-5-6-14(9-12(11)2)15-13(3)23-18-16(15)17(21-10-22-18)20-8-4-7-19/h5-6,9-10H,4,7-8,19H2,1-3H3,(H,20,21,22). The number of benzene rings is 1. The van der Waals surface area contributed by atoms with E-state index in [1.807, 2.05) is 0 Å². The highest BCUT2D eigenvalue weighted by atomic mass is 32.1. The first kappa shape index (κ1) is 15.9. The largest absolute Gasteiger partial charge is 0.369 e. The molecule has 0 aliphatic heterocycles. The second kappa shape index (κ2) is 6.64. The topological polar surface area (TPSA) is 63.8 Å². The number of aromatic nitrogens is 2. The molecule has 0 atom stereocenters. The molecule has 0 aliphatic carbocycles. The Hall–Kier alpha value is -1.98. The Morgan fingerprint density at radius 3 is 2.70 bits per heavy atom. The normalized spacial score (nSPS) is 11.1. The van der Waals surface area contributed by atoms with E-state index in [0.29, 0.717) is 6.54 Å². The molecular formula is C18H22N4S. The summed E-state index contributed by atoms with van der Waals surface area (Å²) in [6.45, 7) is 7.94. The molecule has 0 aliphatic rings. The van der Waals surface area contributed by atoms with Gasteiger partial charge in [-0.1, -0.05) is 18.2 Å². The Bertz CT molecular complexity index is 838. The second-order valence-electron chi connectivity index (χ2n) is 5.80. The van der Waals surface area contributed by atoms with E-state index in [1.165, 1.54) is 27.1 Å². The maximum Gasteiger partial charge on any atom is 0.138 e. The van der Waals surface area contributed by atoms with Gasteiger partial charge in [0.15, 0.2) is 0 Å². The van der Waals surface area contributed by atoms with Crippen molar-refractivity contribution in [2.24, 2.45) is 5.73 Å². The highest BCUT2D eigenvalue weighted by molar-refractivity contribution is 7.19. The zero-order chi connectivity index (χ0) is 16.4. The van der Waals surface area contributed by atoms with Crippen LogP contribution in [0.15, 0.2) is 24.5 Å².